The van der Waals surface area contributed by atoms with Gasteiger partial charge in [0.2, 0.25) is 5.91 Å². The lowest BCUT2D eigenvalue weighted by Gasteiger charge is -2.28. The van der Waals surface area contributed by atoms with Crippen LogP contribution >= 0.6 is 11.3 Å². The zero-order valence-electron chi connectivity index (χ0n) is 14.7. The number of amides is 1. The van der Waals surface area contributed by atoms with Crippen molar-refractivity contribution < 1.29 is 13.2 Å². The molecule has 1 saturated carbocycles. The van der Waals surface area contributed by atoms with E-state index in [1.165, 1.54) is 30.6 Å². The number of thiophene rings is 1. The molecular formula is C18H28N2O3S2. The molecule has 25 heavy (non-hydrogen) atoms. The molecule has 3 rings (SSSR count). The molecule has 1 aromatic rings. The van der Waals surface area contributed by atoms with E-state index >= 15 is 0 Å². The Labute approximate surface area is 154 Å². The Bertz CT molecular complexity index is 650. The van der Waals surface area contributed by atoms with Crippen molar-refractivity contribution in [1.29, 1.82) is 0 Å². The van der Waals surface area contributed by atoms with E-state index < -0.39 is 9.84 Å². The predicted octanol–water partition coefficient (Wildman–Crippen LogP) is 2.58. The molecule has 1 aromatic heterocycles. The van der Waals surface area contributed by atoms with Gasteiger partial charge >= 0.3 is 0 Å². The second kappa shape index (κ2) is 8.64. The molecule has 1 saturated heterocycles. The Morgan fingerprint density at radius 1 is 1.20 bits per heavy atom. The van der Waals surface area contributed by atoms with E-state index in [2.05, 4.69) is 10.2 Å². The number of carbonyl (C=O) groups is 1. The minimum Gasteiger partial charge on any atom is -0.352 e. The first-order valence-corrected chi connectivity index (χ1v) is 12.0. The summed E-state index contributed by atoms with van der Waals surface area (Å²) in [6.45, 7) is 0.935. The zero-order valence-corrected chi connectivity index (χ0v) is 16.3. The van der Waals surface area contributed by atoms with Gasteiger partial charge in [-0.2, -0.15) is 0 Å². The highest BCUT2D eigenvalue weighted by Gasteiger charge is 2.33. The first-order valence-electron chi connectivity index (χ1n) is 9.28. The van der Waals surface area contributed by atoms with E-state index in [1.807, 2.05) is 17.5 Å². The van der Waals surface area contributed by atoms with Crippen molar-refractivity contribution >= 4 is 27.1 Å². The van der Waals surface area contributed by atoms with Crippen molar-refractivity contribution in [3.05, 3.63) is 22.4 Å². The molecule has 0 bridgehead atoms. The van der Waals surface area contributed by atoms with Crippen molar-refractivity contribution in [2.75, 3.05) is 18.1 Å². The third-order valence-corrected chi connectivity index (χ3v) is 7.84. The predicted molar refractivity (Wildman–Crippen MR) is 101 cm³/mol. The van der Waals surface area contributed by atoms with Crippen LogP contribution in [-0.4, -0.2) is 49.4 Å². The third-order valence-electron chi connectivity index (χ3n) is 5.23. The normalized spacial score (nSPS) is 24.3. The molecule has 0 radical (unpaired) electrons. The van der Waals surface area contributed by atoms with Gasteiger partial charge in [0.1, 0.15) is 0 Å². The number of sulfone groups is 1. The van der Waals surface area contributed by atoms with E-state index in [1.54, 1.807) is 11.3 Å². The van der Waals surface area contributed by atoms with Gasteiger partial charge in [-0.15, -0.1) is 11.3 Å². The summed E-state index contributed by atoms with van der Waals surface area (Å²) in [5, 5.41) is 5.20. The summed E-state index contributed by atoms with van der Waals surface area (Å²) in [4.78, 5) is 15.8. The second-order valence-corrected chi connectivity index (χ2v) is 10.6. The van der Waals surface area contributed by atoms with Crippen LogP contribution in [0.15, 0.2) is 17.5 Å². The molecule has 1 atom stereocenters. The second-order valence-electron chi connectivity index (χ2n) is 7.30. The molecule has 7 heteroatoms. The SMILES string of the molecule is O=C(CN(Cc1cccs1)[C@@H]1CCS(=O)(=O)C1)NC1CCCCCC1. The maximum Gasteiger partial charge on any atom is 0.234 e. The van der Waals surface area contributed by atoms with E-state index in [4.69, 9.17) is 0 Å². The van der Waals surface area contributed by atoms with Gasteiger partial charge < -0.3 is 5.32 Å². The molecule has 0 aromatic carbocycles. The molecule has 2 fully saturated rings. The average Bonchev–Trinajstić information content (AvgIpc) is 3.11. The molecule has 1 aliphatic heterocycles. The number of rotatable bonds is 6. The number of nitrogens with zero attached hydrogens (tertiary/aromatic N) is 1. The lowest BCUT2D eigenvalue weighted by molar-refractivity contribution is -0.123. The van der Waals surface area contributed by atoms with Crippen LogP contribution in [0.2, 0.25) is 0 Å². The van der Waals surface area contributed by atoms with Crippen molar-refractivity contribution in [3.63, 3.8) is 0 Å². The molecule has 0 unspecified atom stereocenters. The Morgan fingerprint density at radius 2 is 1.96 bits per heavy atom. The van der Waals surface area contributed by atoms with Crippen molar-refractivity contribution in [2.24, 2.45) is 0 Å². The highest BCUT2D eigenvalue weighted by atomic mass is 32.2. The smallest absolute Gasteiger partial charge is 0.234 e. The van der Waals surface area contributed by atoms with Crippen LogP contribution in [-0.2, 0) is 21.2 Å². The summed E-state index contributed by atoms with van der Waals surface area (Å²) in [5.41, 5.74) is 0. The quantitative estimate of drug-likeness (QED) is 0.766. The molecule has 0 spiro atoms. The zero-order chi connectivity index (χ0) is 17.7. The minimum atomic E-state index is -2.96. The summed E-state index contributed by atoms with van der Waals surface area (Å²) in [7, 11) is -2.96. The van der Waals surface area contributed by atoms with E-state index in [-0.39, 0.29) is 36.0 Å². The Morgan fingerprint density at radius 3 is 2.56 bits per heavy atom. The van der Waals surface area contributed by atoms with Gasteiger partial charge in [0.15, 0.2) is 9.84 Å². The molecule has 2 aliphatic rings. The van der Waals surface area contributed by atoms with Crippen LogP contribution in [0, 0.1) is 0 Å². The van der Waals surface area contributed by atoms with E-state index in [0.29, 0.717) is 13.0 Å². The molecule has 1 amide bonds. The lowest BCUT2D eigenvalue weighted by atomic mass is 10.1. The van der Waals surface area contributed by atoms with Gasteiger partial charge in [-0.25, -0.2) is 8.42 Å². The summed E-state index contributed by atoms with van der Waals surface area (Å²) in [6, 6.07) is 4.28. The summed E-state index contributed by atoms with van der Waals surface area (Å²) < 4.78 is 23.7. The monoisotopic (exact) mass is 384 g/mol. The van der Waals surface area contributed by atoms with Crippen LogP contribution in [0.5, 0.6) is 0 Å². The Balaban J connectivity index is 1.61. The summed E-state index contributed by atoms with van der Waals surface area (Å²) >= 11 is 1.65. The number of carbonyl (C=O) groups excluding carboxylic acids is 1. The molecule has 1 N–H and O–H groups in total. The van der Waals surface area contributed by atoms with Gasteiger partial charge in [-0.1, -0.05) is 31.7 Å². The van der Waals surface area contributed by atoms with Crippen molar-refractivity contribution in [1.82, 2.24) is 10.2 Å². The summed E-state index contributed by atoms with van der Waals surface area (Å²) in [5.74, 6) is 0.450. The Hall–Kier alpha value is -0.920. The molecule has 2 heterocycles. The van der Waals surface area contributed by atoms with Gasteiger partial charge in [0.25, 0.3) is 0 Å². The standard InChI is InChI=1S/C18H28N2O3S2/c21-18(19-15-6-3-1-2-4-7-15)13-20(12-17-8-5-10-24-17)16-9-11-25(22,23)14-16/h5,8,10,15-16H,1-4,6-7,9,11-14H2,(H,19,21)/t16-/m1/s1. The van der Waals surface area contributed by atoms with Crippen LogP contribution in [0.4, 0.5) is 0 Å². The topological polar surface area (TPSA) is 66.5 Å². The largest absolute Gasteiger partial charge is 0.352 e. The van der Waals surface area contributed by atoms with Crippen LogP contribution in [0.3, 0.4) is 0 Å². The molecule has 1 aliphatic carbocycles. The van der Waals surface area contributed by atoms with E-state index in [9.17, 15) is 13.2 Å². The van der Waals surface area contributed by atoms with Crippen molar-refractivity contribution in [3.8, 4) is 0 Å². The van der Waals surface area contributed by atoms with Gasteiger partial charge in [-0.3, -0.25) is 9.69 Å². The number of hydrogen-bond acceptors (Lipinski definition) is 5. The average molecular weight is 385 g/mol. The van der Waals surface area contributed by atoms with E-state index in [0.717, 1.165) is 12.8 Å². The highest BCUT2D eigenvalue weighted by Crippen LogP contribution is 2.22. The van der Waals surface area contributed by atoms with Gasteiger partial charge in [0, 0.05) is 23.5 Å². The van der Waals surface area contributed by atoms with Crippen LogP contribution in [0.1, 0.15) is 49.8 Å². The maximum absolute atomic E-state index is 12.6. The maximum atomic E-state index is 12.6. The van der Waals surface area contributed by atoms with Gasteiger partial charge in [-0.05, 0) is 30.7 Å². The first kappa shape index (κ1) is 18.9. The molecule has 5 nitrogen and oxygen atoms in total. The fourth-order valence-corrected chi connectivity index (χ4v) is 6.35. The Kier molecular flexibility index (Phi) is 6.52. The highest BCUT2D eigenvalue weighted by molar-refractivity contribution is 7.91. The van der Waals surface area contributed by atoms with Crippen LogP contribution in [0.25, 0.3) is 0 Å². The molecule has 140 valence electrons. The fraction of sp³-hybridized carbons (Fsp3) is 0.722. The first-order chi connectivity index (χ1) is 12.0. The minimum absolute atomic E-state index is 0.0350. The third kappa shape index (κ3) is 5.79. The number of nitrogens with one attached hydrogen (secondary N) is 1. The van der Waals surface area contributed by atoms with Crippen LogP contribution < -0.4 is 5.32 Å². The number of hydrogen-bond donors (Lipinski definition) is 1. The summed E-state index contributed by atoms with van der Waals surface area (Å²) in [6.07, 6.45) is 7.65. The van der Waals surface area contributed by atoms with Crippen molar-refractivity contribution in [2.45, 2.75) is 63.6 Å². The van der Waals surface area contributed by atoms with Gasteiger partial charge in [0.05, 0.1) is 18.1 Å². The molecular weight excluding hydrogens is 356 g/mol. The lowest BCUT2D eigenvalue weighted by Crippen LogP contribution is -2.45. The fourth-order valence-electron chi connectivity index (χ4n) is 3.86.